The van der Waals surface area contributed by atoms with Crippen molar-refractivity contribution >= 4 is 17.4 Å². The molecule has 2 aromatic rings. The predicted octanol–water partition coefficient (Wildman–Crippen LogP) is 3.24. The maximum Gasteiger partial charge on any atom is 0.354 e. The van der Waals surface area contributed by atoms with Crippen molar-refractivity contribution in [2.75, 3.05) is 12.0 Å². The van der Waals surface area contributed by atoms with Crippen LogP contribution < -0.4 is 10.2 Å². The normalized spacial score (nSPS) is 11.0. The third kappa shape index (κ3) is 4.70. The summed E-state index contributed by atoms with van der Waals surface area (Å²) in [5, 5.41) is 13.9. The van der Waals surface area contributed by atoms with E-state index in [2.05, 4.69) is 15.5 Å². The molecule has 1 heterocycles. The van der Waals surface area contributed by atoms with Gasteiger partial charge in [-0.2, -0.15) is 5.10 Å². The van der Waals surface area contributed by atoms with Crippen LogP contribution in [0.1, 0.15) is 19.5 Å². The van der Waals surface area contributed by atoms with Crippen LogP contribution in [0.4, 0.5) is 5.69 Å². The highest BCUT2D eigenvalue weighted by atomic mass is 16.5. The second-order valence-corrected chi connectivity index (χ2v) is 4.95. The van der Waals surface area contributed by atoms with E-state index >= 15 is 0 Å². The fourth-order valence-electron chi connectivity index (χ4n) is 1.75. The lowest BCUT2D eigenvalue weighted by molar-refractivity contribution is -0.135. The van der Waals surface area contributed by atoms with Crippen molar-refractivity contribution in [3.63, 3.8) is 0 Å². The molecule has 1 aromatic carbocycles. The fourth-order valence-corrected chi connectivity index (χ4v) is 1.75. The number of ether oxygens (including phenoxy) is 2. The Morgan fingerprint density at radius 1 is 1.29 bits per heavy atom. The summed E-state index contributed by atoms with van der Waals surface area (Å²) < 4.78 is 10.4. The van der Waals surface area contributed by atoms with Crippen molar-refractivity contribution in [3.05, 3.63) is 42.2 Å². The van der Waals surface area contributed by atoms with Crippen LogP contribution >= 0.6 is 0 Å². The zero-order chi connectivity index (χ0) is 17.5. The Balaban J connectivity index is 2.05. The predicted molar refractivity (Wildman–Crippen MR) is 90.5 cm³/mol. The molecule has 0 saturated carbocycles. The Labute approximate surface area is 139 Å². The molecule has 2 rings (SSSR count). The minimum Gasteiger partial charge on any atom is -0.506 e. The molecule has 0 spiro atoms. The zero-order valence-corrected chi connectivity index (χ0v) is 13.7. The van der Waals surface area contributed by atoms with Crippen LogP contribution in [0.3, 0.4) is 0 Å². The first-order chi connectivity index (χ1) is 11.5. The number of nitrogens with zero attached hydrogens (tertiary/aromatic N) is 2. The summed E-state index contributed by atoms with van der Waals surface area (Å²) in [4.78, 5) is 15.6. The number of nitrogens with one attached hydrogen (secondary N) is 1. The number of hydrogen-bond donors (Lipinski definition) is 2. The standard InChI is InChI=1S/C17H19N3O4/c1-4-23-17(22)12(3)19-20-15-8-7-13(9-16(15)21)24-14-6-5-11(2)18-10-14/h5-10,20-21H,4H2,1-3H3/b19-12+. The van der Waals surface area contributed by atoms with Crippen LogP contribution in [-0.2, 0) is 9.53 Å². The van der Waals surface area contributed by atoms with E-state index in [1.165, 1.54) is 13.0 Å². The van der Waals surface area contributed by atoms with Crippen molar-refractivity contribution in [1.29, 1.82) is 0 Å². The Morgan fingerprint density at radius 2 is 2.04 bits per heavy atom. The first kappa shape index (κ1) is 17.3. The molecule has 0 fully saturated rings. The van der Waals surface area contributed by atoms with Gasteiger partial charge in [0.25, 0.3) is 0 Å². The molecule has 0 atom stereocenters. The SMILES string of the molecule is CCOC(=O)/C(C)=N/Nc1ccc(Oc2ccc(C)nc2)cc1O. The molecule has 7 heteroatoms. The maximum absolute atomic E-state index is 11.4. The molecule has 2 N–H and O–H groups in total. The lowest BCUT2D eigenvalue weighted by Gasteiger charge is -2.09. The van der Waals surface area contributed by atoms with Gasteiger partial charge in [-0.05, 0) is 45.0 Å². The van der Waals surface area contributed by atoms with Crippen molar-refractivity contribution in [2.24, 2.45) is 5.10 Å². The Bertz CT molecular complexity index is 742. The number of benzene rings is 1. The Morgan fingerprint density at radius 3 is 2.67 bits per heavy atom. The highest BCUT2D eigenvalue weighted by Crippen LogP contribution is 2.30. The Hall–Kier alpha value is -3.09. The van der Waals surface area contributed by atoms with E-state index in [0.717, 1.165) is 5.69 Å². The molecule has 7 nitrogen and oxygen atoms in total. The largest absolute Gasteiger partial charge is 0.506 e. The number of aryl methyl sites for hydroxylation is 1. The second kappa shape index (κ2) is 7.96. The third-order valence-corrected chi connectivity index (χ3v) is 3.00. The number of phenols is 1. The van der Waals surface area contributed by atoms with Crippen LogP contribution in [0.2, 0.25) is 0 Å². The molecule has 126 valence electrons. The number of pyridine rings is 1. The molecule has 0 saturated heterocycles. The number of aromatic nitrogens is 1. The highest BCUT2D eigenvalue weighted by Gasteiger charge is 2.08. The molecule has 0 radical (unpaired) electrons. The molecule has 0 aliphatic carbocycles. The van der Waals surface area contributed by atoms with Gasteiger partial charge in [0.05, 0.1) is 18.5 Å². The number of carbonyl (C=O) groups excluding carboxylic acids is 1. The summed E-state index contributed by atoms with van der Waals surface area (Å²) in [5.74, 6) is 0.441. The van der Waals surface area contributed by atoms with Crippen molar-refractivity contribution in [1.82, 2.24) is 4.98 Å². The van der Waals surface area contributed by atoms with Crippen molar-refractivity contribution in [2.45, 2.75) is 20.8 Å². The molecule has 0 amide bonds. The number of rotatable bonds is 6. The van der Waals surface area contributed by atoms with E-state index in [-0.39, 0.29) is 18.1 Å². The highest BCUT2D eigenvalue weighted by molar-refractivity contribution is 6.35. The van der Waals surface area contributed by atoms with Crippen LogP contribution in [0, 0.1) is 6.92 Å². The third-order valence-electron chi connectivity index (χ3n) is 3.00. The Kier molecular flexibility index (Phi) is 5.73. The monoisotopic (exact) mass is 329 g/mol. The van der Waals surface area contributed by atoms with Crippen molar-refractivity contribution in [3.8, 4) is 17.2 Å². The first-order valence-corrected chi connectivity index (χ1v) is 7.40. The van der Waals surface area contributed by atoms with Crippen LogP contribution in [-0.4, -0.2) is 28.4 Å². The van der Waals surface area contributed by atoms with E-state index < -0.39 is 5.97 Å². The van der Waals surface area contributed by atoms with Crippen LogP contribution in [0.25, 0.3) is 0 Å². The van der Waals surface area contributed by atoms with Gasteiger partial charge in [-0.1, -0.05) is 0 Å². The summed E-state index contributed by atoms with van der Waals surface area (Å²) in [6.45, 7) is 5.39. The van der Waals surface area contributed by atoms with Gasteiger partial charge in [0.2, 0.25) is 0 Å². The molecule has 1 aromatic heterocycles. The minimum atomic E-state index is -0.517. The average Bonchev–Trinajstić information content (AvgIpc) is 2.56. The second-order valence-electron chi connectivity index (χ2n) is 4.95. The van der Waals surface area contributed by atoms with E-state index in [4.69, 9.17) is 9.47 Å². The number of hydrogen-bond acceptors (Lipinski definition) is 7. The molecule has 24 heavy (non-hydrogen) atoms. The molecule has 0 unspecified atom stereocenters. The van der Waals surface area contributed by atoms with E-state index in [1.807, 2.05) is 13.0 Å². The van der Waals surface area contributed by atoms with Gasteiger partial charge in [-0.25, -0.2) is 4.79 Å². The summed E-state index contributed by atoms with van der Waals surface area (Å²) in [7, 11) is 0. The first-order valence-electron chi connectivity index (χ1n) is 7.40. The van der Waals surface area contributed by atoms with Gasteiger partial charge < -0.3 is 14.6 Å². The van der Waals surface area contributed by atoms with Gasteiger partial charge in [0.15, 0.2) is 0 Å². The summed E-state index contributed by atoms with van der Waals surface area (Å²) in [6.07, 6.45) is 1.60. The topological polar surface area (TPSA) is 93.0 Å². The lowest BCUT2D eigenvalue weighted by atomic mass is 10.3. The number of phenolic OH excluding ortho intramolecular Hbond substituents is 1. The van der Waals surface area contributed by atoms with E-state index in [0.29, 0.717) is 17.2 Å². The quantitative estimate of drug-likeness (QED) is 0.366. The molecule has 0 aliphatic heterocycles. The number of hydrazone groups is 1. The van der Waals surface area contributed by atoms with Crippen molar-refractivity contribution < 1.29 is 19.4 Å². The number of anilines is 1. The number of esters is 1. The summed E-state index contributed by atoms with van der Waals surface area (Å²) in [5.41, 5.74) is 4.00. The van der Waals surface area contributed by atoms with Crippen LogP contribution in [0.5, 0.6) is 17.2 Å². The van der Waals surface area contributed by atoms with Gasteiger partial charge in [-0.15, -0.1) is 0 Å². The lowest BCUT2D eigenvalue weighted by Crippen LogP contribution is -2.15. The van der Waals surface area contributed by atoms with Gasteiger partial charge in [0, 0.05) is 11.8 Å². The van der Waals surface area contributed by atoms with Crippen LogP contribution in [0.15, 0.2) is 41.6 Å². The molecule has 0 bridgehead atoms. The van der Waals surface area contributed by atoms with E-state index in [1.54, 1.807) is 31.3 Å². The zero-order valence-electron chi connectivity index (χ0n) is 13.7. The molecular formula is C17H19N3O4. The number of aromatic hydroxyl groups is 1. The minimum absolute atomic E-state index is 0.0621. The fraction of sp³-hybridized carbons (Fsp3) is 0.235. The molecular weight excluding hydrogens is 310 g/mol. The maximum atomic E-state index is 11.4. The average molecular weight is 329 g/mol. The molecule has 0 aliphatic rings. The summed E-state index contributed by atoms with van der Waals surface area (Å²) in [6, 6.07) is 8.32. The van der Waals surface area contributed by atoms with E-state index in [9.17, 15) is 9.90 Å². The smallest absolute Gasteiger partial charge is 0.354 e. The summed E-state index contributed by atoms with van der Waals surface area (Å²) >= 11 is 0. The van der Waals surface area contributed by atoms with Gasteiger partial charge in [0.1, 0.15) is 23.0 Å². The van der Waals surface area contributed by atoms with Gasteiger partial charge >= 0.3 is 5.97 Å². The number of carbonyl (C=O) groups is 1. The van der Waals surface area contributed by atoms with Gasteiger partial charge in [-0.3, -0.25) is 10.4 Å².